The van der Waals surface area contributed by atoms with Crippen LogP contribution < -0.4 is 0 Å². The lowest BCUT2D eigenvalue weighted by Gasteiger charge is -2.08. The van der Waals surface area contributed by atoms with E-state index in [0.29, 0.717) is 0 Å². The zero-order chi connectivity index (χ0) is 19.1. The van der Waals surface area contributed by atoms with E-state index >= 15 is 0 Å². The molecule has 0 aliphatic rings. The van der Waals surface area contributed by atoms with Gasteiger partial charge in [-0.05, 0) is 68.2 Å². The van der Waals surface area contributed by atoms with Gasteiger partial charge in [0.25, 0.3) is 0 Å². The lowest BCUT2D eigenvalue weighted by molar-refractivity contribution is 1.38. The molecule has 3 aromatic carbocycles. The molecule has 0 N–H and O–H groups in total. The first kappa shape index (κ1) is 19.5. The maximum Gasteiger partial charge on any atom is 0.105 e. The maximum atomic E-state index is 4.93. The molecule has 0 saturated carbocycles. The van der Waals surface area contributed by atoms with Crippen LogP contribution in [0.5, 0.6) is 0 Å². The van der Waals surface area contributed by atoms with Crippen LogP contribution in [0.2, 0.25) is 0 Å². The number of thioether (sulfide) groups is 2. The summed E-state index contributed by atoms with van der Waals surface area (Å²) in [6, 6.07) is 27.4. The van der Waals surface area contributed by atoms with Gasteiger partial charge in [-0.2, -0.15) is 0 Å². The van der Waals surface area contributed by atoms with Crippen LogP contribution >= 0.6 is 23.5 Å². The largest absolute Gasteiger partial charge is 0.241 e. The Morgan fingerprint density at radius 1 is 0.741 bits per heavy atom. The fourth-order valence-electron chi connectivity index (χ4n) is 2.35. The number of benzene rings is 3. The van der Waals surface area contributed by atoms with E-state index in [2.05, 4.69) is 99.0 Å². The van der Waals surface area contributed by atoms with Crippen LogP contribution in [-0.2, 0) is 0 Å². The molecule has 0 atom stereocenters. The van der Waals surface area contributed by atoms with E-state index < -0.39 is 0 Å². The van der Waals surface area contributed by atoms with Crippen molar-refractivity contribution in [3.8, 4) is 0 Å². The lowest BCUT2D eigenvalue weighted by Crippen LogP contribution is -1.94. The average Bonchev–Trinajstić information content (AvgIpc) is 2.69. The van der Waals surface area contributed by atoms with E-state index in [1.54, 1.807) is 23.5 Å². The first-order valence-electron chi connectivity index (χ1n) is 8.89. The van der Waals surface area contributed by atoms with Gasteiger partial charge in [-0.1, -0.05) is 77.1 Å². The summed E-state index contributed by atoms with van der Waals surface area (Å²) in [5.74, 6) is 0. The Morgan fingerprint density at radius 3 is 1.96 bits per heavy atom. The second-order valence-corrected chi connectivity index (χ2v) is 8.40. The molecule has 0 amide bonds. The number of nitrogens with zero attached hydrogens (tertiary/aromatic N) is 1. The van der Waals surface area contributed by atoms with Crippen molar-refractivity contribution in [2.24, 2.45) is 4.99 Å². The molecule has 0 spiro atoms. The first-order valence-corrected chi connectivity index (χ1v) is 10.6. The monoisotopic (exact) mass is 389 g/mol. The van der Waals surface area contributed by atoms with Gasteiger partial charge in [0.05, 0.1) is 5.69 Å². The number of aryl methyl sites for hydroxylation is 2. The molecule has 0 fully saturated rings. The minimum absolute atomic E-state index is 0.979. The molecule has 3 rings (SSSR count). The highest BCUT2D eigenvalue weighted by atomic mass is 32.2. The molecule has 3 aromatic rings. The molecule has 0 aliphatic carbocycles. The smallest absolute Gasteiger partial charge is 0.105 e. The summed E-state index contributed by atoms with van der Waals surface area (Å²) in [4.78, 5) is 7.35. The zero-order valence-electron chi connectivity index (χ0n) is 15.8. The first-order chi connectivity index (χ1) is 13.1. The number of hydrogen-bond donors (Lipinski definition) is 0. The number of hydrogen-bond acceptors (Lipinski definition) is 3. The second kappa shape index (κ2) is 9.63. The van der Waals surface area contributed by atoms with Crippen molar-refractivity contribution in [2.75, 3.05) is 0 Å². The number of aliphatic imine (C=N–C) groups is 1. The van der Waals surface area contributed by atoms with Crippen LogP contribution in [0.25, 0.3) is 0 Å². The Labute approximate surface area is 170 Å². The predicted molar refractivity (Wildman–Crippen MR) is 121 cm³/mol. The molecule has 136 valence electrons. The van der Waals surface area contributed by atoms with E-state index in [4.69, 9.17) is 4.99 Å². The van der Waals surface area contributed by atoms with Gasteiger partial charge in [0, 0.05) is 9.79 Å². The summed E-state index contributed by atoms with van der Waals surface area (Å²) >= 11 is 3.43. The van der Waals surface area contributed by atoms with E-state index in [9.17, 15) is 0 Å². The van der Waals surface area contributed by atoms with Gasteiger partial charge in [0.15, 0.2) is 0 Å². The highest BCUT2D eigenvalue weighted by molar-refractivity contribution is 8.14. The van der Waals surface area contributed by atoms with Crippen molar-refractivity contribution in [3.63, 3.8) is 0 Å². The van der Waals surface area contributed by atoms with Gasteiger partial charge in [0.2, 0.25) is 0 Å². The van der Waals surface area contributed by atoms with Gasteiger partial charge < -0.3 is 0 Å². The Bertz CT molecular complexity index is 924. The van der Waals surface area contributed by atoms with Crippen LogP contribution in [0.4, 0.5) is 5.69 Å². The third kappa shape index (κ3) is 6.16. The molecule has 27 heavy (non-hydrogen) atoms. The molecule has 0 heterocycles. The Hall–Kier alpha value is -2.23. The summed E-state index contributed by atoms with van der Waals surface area (Å²) in [5.41, 5.74) is 4.65. The Balaban J connectivity index is 1.88. The molecule has 1 nitrogen and oxygen atoms in total. The molecule has 0 saturated heterocycles. The van der Waals surface area contributed by atoms with Crippen LogP contribution in [0, 0.1) is 13.8 Å². The third-order valence-electron chi connectivity index (χ3n) is 3.95. The Morgan fingerprint density at radius 2 is 1.33 bits per heavy atom. The predicted octanol–water partition coefficient (Wildman–Crippen LogP) is 7.82. The quantitative estimate of drug-likeness (QED) is 0.250. The molecule has 3 heteroatoms. The SMILES string of the molecule is CC(=C\Sc1ccccc1)/C(=N/c1ccc(C)cc1)Sc1ccc(C)cc1. The molecule has 0 aliphatic heterocycles. The Kier molecular flexibility index (Phi) is 6.97. The van der Waals surface area contributed by atoms with Crippen molar-refractivity contribution < 1.29 is 0 Å². The summed E-state index contributed by atoms with van der Waals surface area (Å²) in [5, 5.41) is 3.20. The minimum atomic E-state index is 0.979. The molecular formula is C24H23NS2. The number of rotatable bonds is 5. The van der Waals surface area contributed by atoms with Crippen LogP contribution in [0.3, 0.4) is 0 Å². The summed E-state index contributed by atoms with van der Waals surface area (Å²) in [6.45, 7) is 6.33. The molecule has 0 unspecified atom stereocenters. The van der Waals surface area contributed by atoms with Gasteiger partial charge in [-0.25, -0.2) is 4.99 Å². The topological polar surface area (TPSA) is 12.4 Å². The molecule has 0 radical (unpaired) electrons. The van der Waals surface area contributed by atoms with Gasteiger partial charge in [-0.3, -0.25) is 0 Å². The minimum Gasteiger partial charge on any atom is -0.241 e. The van der Waals surface area contributed by atoms with Crippen LogP contribution in [0.15, 0.2) is 105 Å². The van der Waals surface area contributed by atoms with Crippen LogP contribution in [0.1, 0.15) is 18.1 Å². The fourth-order valence-corrected chi connectivity index (χ4v) is 4.03. The highest BCUT2D eigenvalue weighted by Gasteiger charge is 2.07. The average molecular weight is 390 g/mol. The molecule has 0 bridgehead atoms. The zero-order valence-corrected chi connectivity index (χ0v) is 17.5. The van der Waals surface area contributed by atoms with E-state index in [-0.39, 0.29) is 0 Å². The van der Waals surface area contributed by atoms with E-state index in [0.717, 1.165) is 16.3 Å². The lowest BCUT2D eigenvalue weighted by atomic mass is 10.2. The maximum absolute atomic E-state index is 4.93. The van der Waals surface area contributed by atoms with Crippen molar-refractivity contribution in [2.45, 2.75) is 30.6 Å². The van der Waals surface area contributed by atoms with E-state index in [1.165, 1.54) is 20.9 Å². The van der Waals surface area contributed by atoms with Gasteiger partial charge in [-0.15, -0.1) is 0 Å². The van der Waals surface area contributed by atoms with Crippen molar-refractivity contribution in [1.29, 1.82) is 0 Å². The van der Waals surface area contributed by atoms with Gasteiger partial charge in [0.1, 0.15) is 5.04 Å². The second-order valence-electron chi connectivity index (χ2n) is 6.40. The van der Waals surface area contributed by atoms with Crippen molar-refractivity contribution in [1.82, 2.24) is 0 Å². The van der Waals surface area contributed by atoms with Crippen molar-refractivity contribution in [3.05, 3.63) is 101 Å². The summed E-state index contributed by atoms with van der Waals surface area (Å²) in [7, 11) is 0. The molecule has 0 aromatic heterocycles. The van der Waals surface area contributed by atoms with Crippen molar-refractivity contribution >= 4 is 34.3 Å². The fraction of sp³-hybridized carbons (Fsp3) is 0.125. The third-order valence-corrected chi connectivity index (χ3v) is 6.08. The summed E-state index contributed by atoms with van der Waals surface area (Å²) in [6.07, 6.45) is 0. The normalized spacial score (nSPS) is 12.3. The van der Waals surface area contributed by atoms with Gasteiger partial charge >= 0.3 is 0 Å². The van der Waals surface area contributed by atoms with E-state index in [1.807, 2.05) is 6.07 Å². The van der Waals surface area contributed by atoms with Crippen LogP contribution in [-0.4, -0.2) is 5.04 Å². The highest BCUT2D eigenvalue weighted by Crippen LogP contribution is 2.29. The summed E-state index contributed by atoms with van der Waals surface area (Å²) < 4.78 is 0. The molecular weight excluding hydrogens is 366 g/mol. The standard InChI is InChI=1S/C24H23NS2/c1-18-9-13-21(14-10-18)25-24(27-23-15-11-19(2)12-16-23)20(3)17-26-22-7-5-4-6-8-22/h4-17H,1-3H3/b20-17+,25-24-.